The number of aromatic amines is 1. The van der Waals surface area contributed by atoms with Gasteiger partial charge in [-0.05, 0) is 37.1 Å². The Bertz CT molecular complexity index is 1080. The van der Waals surface area contributed by atoms with Crippen LogP contribution in [0.15, 0.2) is 42.5 Å². The van der Waals surface area contributed by atoms with E-state index in [4.69, 9.17) is 0 Å². The number of fused-ring (bicyclic) bond motifs is 1. The van der Waals surface area contributed by atoms with Gasteiger partial charge in [-0.2, -0.15) is 5.10 Å². The summed E-state index contributed by atoms with van der Waals surface area (Å²) in [6.45, 7) is 1.49. The first-order valence-electron chi connectivity index (χ1n) is 8.86. The number of benzene rings is 2. The average molecular weight is 379 g/mol. The zero-order valence-corrected chi connectivity index (χ0v) is 14.8. The molecule has 1 aliphatic heterocycles. The van der Waals surface area contributed by atoms with Crippen molar-refractivity contribution in [2.45, 2.75) is 12.8 Å². The Morgan fingerprint density at radius 3 is 2.68 bits per heavy atom. The molecule has 9 heteroatoms. The number of nitrogens with one attached hydrogen (secondary N) is 2. The molecule has 2 amide bonds. The standard InChI is InChI=1S/C19H17N5O4/c25-18(17-15-11-14(24(27)28)6-7-16(15)21-22-17)20-13-5-3-4-12(10-13)19(26)23-8-1-2-9-23/h3-7,10-11H,1-2,8-9H2,(H,20,25)(H,21,22). The first-order chi connectivity index (χ1) is 13.5. The van der Waals surface area contributed by atoms with E-state index in [0.717, 1.165) is 25.9 Å². The van der Waals surface area contributed by atoms with E-state index in [1.54, 1.807) is 29.2 Å². The van der Waals surface area contributed by atoms with Gasteiger partial charge in [0.2, 0.25) is 0 Å². The minimum atomic E-state index is -0.526. The lowest BCUT2D eigenvalue weighted by molar-refractivity contribution is -0.384. The first kappa shape index (κ1) is 17.7. The molecule has 0 unspecified atom stereocenters. The van der Waals surface area contributed by atoms with E-state index in [-0.39, 0.29) is 17.3 Å². The van der Waals surface area contributed by atoms with Crippen molar-refractivity contribution in [1.82, 2.24) is 15.1 Å². The van der Waals surface area contributed by atoms with Gasteiger partial charge in [0.05, 0.1) is 10.4 Å². The molecule has 4 rings (SSSR count). The first-order valence-corrected chi connectivity index (χ1v) is 8.86. The van der Waals surface area contributed by atoms with Gasteiger partial charge in [0.15, 0.2) is 5.69 Å². The molecule has 0 bridgehead atoms. The van der Waals surface area contributed by atoms with Crippen LogP contribution >= 0.6 is 0 Å². The average Bonchev–Trinajstić information content (AvgIpc) is 3.37. The van der Waals surface area contributed by atoms with Crippen molar-refractivity contribution < 1.29 is 14.5 Å². The molecule has 1 fully saturated rings. The van der Waals surface area contributed by atoms with Crippen molar-refractivity contribution in [1.29, 1.82) is 0 Å². The molecular weight excluding hydrogens is 362 g/mol. The van der Waals surface area contributed by atoms with E-state index in [1.807, 2.05) is 0 Å². The van der Waals surface area contributed by atoms with Crippen molar-refractivity contribution in [2.75, 3.05) is 18.4 Å². The number of likely N-dealkylation sites (tertiary alicyclic amines) is 1. The van der Waals surface area contributed by atoms with Crippen molar-refractivity contribution in [3.63, 3.8) is 0 Å². The van der Waals surface area contributed by atoms with Gasteiger partial charge in [-0.25, -0.2) is 0 Å². The fourth-order valence-electron chi connectivity index (χ4n) is 3.31. The zero-order chi connectivity index (χ0) is 19.7. The zero-order valence-electron chi connectivity index (χ0n) is 14.8. The van der Waals surface area contributed by atoms with Gasteiger partial charge in [0, 0.05) is 41.9 Å². The maximum Gasteiger partial charge on any atom is 0.276 e. The van der Waals surface area contributed by atoms with Gasteiger partial charge in [-0.3, -0.25) is 24.8 Å². The topological polar surface area (TPSA) is 121 Å². The quantitative estimate of drug-likeness (QED) is 0.533. The van der Waals surface area contributed by atoms with E-state index < -0.39 is 10.8 Å². The van der Waals surface area contributed by atoms with Crippen LogP contribution in [-0.2, 0) is 0 Å². The highest BCUT2D eigenvalue weighted by Crippen LogP contribution is 2.23. The van der Waals surface area contributed by atoms with Crippen LogP contribution in [0, 0.1) is 10.1 Å². The van der Waals surface area contributed by atoms with Crippen molar-refractivity contribution in [2.24, 2.45) is 0 Å². The number of hydrogen-bond acceptors (Lipinski definition) is 5. The third-order valence-corrected chi connectivity index (χ3v) is 4.73. The second kappa shape index (κ2) is 7.10. The summed E-state index contributed by atoms with van der Waals surface area (Å²) < 4.78 is 0. The van der Waals surface area contributed by atoms with Gasteiger partial charge in [0.1, 0.15) is 0 Å². The Labute approximate surface area is 159 Å². The van der Waals surface area contributed by atoms with E-state index >= 15 is 0 Å². The molecule has 142 valence electrons. The molecule has 28 heavy (non-hydrogen) atoms. The summed E-state index contributed by atoms with van der Waals surface area (Å²) in [6.07, 6.45) is 2.00. The van der Waals surface area contributed by atoms with Crippen LogP contribution in [0.2, 0.25) is 0 Å². The van der Waals surface area contributed by atoms with E-state index in [1.165, 1.54) is 18.2 Å². The van der Waals surface area contributed by atoms with Gasteiger partial charge < -0.3 is 10.2 Å². The van der Waals surface area contributed by atoms with Gasteiger partial charge >= 0.3 is 0 Å². The SMILES string of the molecule is O=C(Nc1cccc(C(=O)N2CCCC2)c1)c1n[nH]c2ccc([N+](=O)[O-])cc12. The summed E-state index contributed by atoms with van der Waals surface area (Å²) in [5, 5.41) is 20.7. The minimum absolute atomic E-state index is 0.0509. The number of H-pyrrole nitrogens is 1. The third kappa shape index (κ3) is 3.29. The normalized spacial score (nSPS) is 13.6. The Balaban J connectivity index is 1.58. The number of nitro benzene ring substituents is 1. The largest absolute Gasteiger partial charge is 0.339 e. The van der Waals surface area contributed by atoms with Crippen LogP contribution in [0.25, 0.3) is 10.9 Å². The lowest BCUT2D eigenvalue weighted by Gasteiger charge is -2.15. The van der Waals surface area contributed by atoms with Gasteiger partial charge in [-0.15, -0.1) is 0 Å². The Hall–Kier alpha value is -3.75. The molecule has 1 saturated heterocycles. The fraction of sp³-hybridized carbons (Fsp3) is 0.211. The molecule has 0 spiro atoms. The second-order valence-electron chi connectivity index (χ2n) is 6.59. The highest BCUT2D eigenvalue weighted by Gasteiger charge is 2.21. The molecule has 0 radical (unpaired) electrons. The maximum atomic E-state index is 12.6. The number of nitro groups is 1. The summed E-state index contributed by atoms with van der Waals surface area (Å²) >= 11 is 0. The summed E-state index contributed by atoms with van der Waals surface area (Å²) in [5.41, 5.74) is 1.41. The lowest BCUT2D eigenvalue weighted by atomic mass is 10.1. The molecule has 2 aromatic carbocycles. The summed E-state index contributed by atoms with van der Waals surface area (Å²) in [7, 11) is 0. The van der Waals surface area contributed by atoms with E-state index in [9.17, 15) is 19.7 Å². The molecule has 0 saturated carbocycles. The lowest BCUT2D eigenvalue weighted by Crippen LogP contribution is -2.27. The van der Waals surface area contributed by atoms with Crippen LogP contribution in [-0.4, -0.2) is 44.9 Å². The van der Waals surface area contributed by atoms with Gasteiger partial charge in [-0.1, -0.05) is 6.07 Å². The van der Waals surface area contributed by atoms with E-state index in [0.29, 0.717) is 22.2 Å². The monoisotopic (exact) mass is 379 g/mol. The fourth-order valence-corrected chi connectivity index (χ4v) is 3.31. The number of rotatable bonds is 4. The van der Waals surface area contributed by atoms with Crippen molar-refractivity contribution >= 4 is 34.1 Å². The number of nitrogens with zero attached hydrogens (tertiary/aromatic N) is 3. The summed E-state index contributed by atoms with van der Waals surface area (Å²) in [5.74, 6) is -0.577. The highest BCUT2D eigenvalue weighted by atomic mass is 16.6. The number of non-ortho nitro benzene ring substituents is 1. The predicted octanol–water partition coefficient (Wildman–Crippen LogP) is 2.96. The number of anilines is 1. The molecule has 0 aliphatic carbocycles. The number of aromatic nitrogens is 2. The highest BCUT2D eigenvalue weighted by molar-refractivity contribution is 6.11. The second-order valence-corrected chi connectivity index (χ2v) is 6.59. The van der Waals surface area contributed by atoms with Crippen LogP contribution < -0.4 is 5.32 Å². The summed E-state index contributed by atoms with van der Waals surface area (Å²) in [4.78, 5) is 37.4. The number of hydrogen-bond donors (Lipinski definition) is 2. The Kier molecular flexibility index (Phi) is 4.48. The number of amides is 2. The van der Waals surface area contributed by atoms with Gasteiger partial charge in [0.25, 0.3) is 17.5 Å². The van der Waals surface area contributed by atoms with Crippen LogP contribution in [0.4, 0.5) is 11.4 Å². The third-order valence-electron chi connectivity index (χ3n) is 4.73. The predicted molar refractivity (Wildman–Crippen MR) is 102 cm³/mol. The van der Waals surface area contributed by atoms with Crippen molar-refractivity contribution in [3.8, 4) is 0 Å². The molecule has 2 N–H and O–H groups in total. The minimum Gasteiger partial charge on any atom is -0.339 e. The van der Waals surface area contributed by atoms with Crippen LogP contribution in [0.1, 0.15) is 33.7 Å². The number of carbonyl (C=O) groups excluding carboxylic acids is 2. The summed E-state index contributed by atoms with van der Waals surface area (Å²) in [6, 6.07) is 10.9. The Morgan fingerprint density at radius 2 is 1.93 bits per heavy atom. The molecule has 1 aromatic heterocycles. The number of carbonyl (C=O) groups is 2. The molecule has 0 atom stereocenters. The van der Waals surface area contributed by atoms with E-state index in [2.05, 4.69) is 15.5 Å². The maximum absolute atomic E-state index is 12.6. The molecule has 3 aromatic rings. The van der Waals surface area contributed by atoms with Crippen LogP contribution in [0.3, 0.4) is 0 Å². The van der Waals surface area contributed by atoms with Crippen LogP contribution in [0.5, 0.6) is 0 Å². The molecule has 9 nitrogen and oxygen atoms in total. The molecular formula is C19H17N5O4. The Morgan fingerprint density at radius 1 is 1.14 bits per heavy atom. The smallest absolute Gasteiger partial charge is 0.276 e. The van der Waals surface area contributed by atoms with Crippen molar-refractivity contribution in [3.05, 3.63) is 63.8 Å². The molecule has 1 aliphatic rings. The molecule has 2 heterocycles.